The maximum absolute atomic E-state index is 4.21. The number of hydrogen-bond acceptors (Lipinski definition) is 2. The van der Waals surface area contributed by atoms with Crippen LogP contribution in [0.1, 0.15) is 0 Å². The summed E-state index contributed by atoms with van der Waals surface area (Å²) in [5.41, 5.74) is 0. The summed E-state index contributed by atoms with van der Waals surface area (Å²) < 4.78 is 0. The maximum Gasteiger partial charge on any atom is 2.00 e. The molecule has 0 fully saturated rings. The molecule has 0 aromatic rings. The van der Waals surface area contributed by atoms with Crippen molar-refractivity contribution in [2.45, 2.75) is 0 Å². The van der Waals surface area contributed by atoms with Crippen molar-refractivity contribution in [1.29, 1.82) is 0 Å². The standard InChI is InChI=1S/2C3H9P.CH4S2.Pt/c2*1-4(2)3;2-1-3;/h2*1-3H3;2-3H,1H2;/q;;;+2/p-2. The number of rotatable bonds is 0. The zero-order valence-electron chi connectivity index (χ0n) is 8.73. The first kappa shape index (κ1) is 23.8. The Labute approximate surface area is 107 Å². The van der Waals surface area contributed by atoms with Gasteiger partial charge in [-0.2, -0.15) is 0 Å². The summed E-state index contributed by atoms with van der Waals surface area (Å²) in [6.07, 6.45) is 0. The second kappa shape index (κ2) is 23.2. The quantitative estimate of drug-likeness (QED) is 0.433. The molecule has 0 radical (unpaired) electrons. The van der Waals surface area contributed by atoms with E-state index in [4.69, 9.17) is 0 Å². The molecule has 0 N–H and O–H groups in total. The van der Waals surface area contributed by atoms with E-state index in [-0.39, 0.29) is 21.1 Å². The molecule has 80 valence electrons. The van der Waals surface area contributed by atoms with Gasteiger partial charge in [0.1, 0.15) is 0 Å². The number of hydrogen-bond donors (Lipinski definition) is 0. The minimum Gasteiger partial charge on any atom is -0.818 e. The first-order chi connectivity index (χ1) is 4.88. The van der Waals surface area contributed by atoms with E-state index in [1.54, 1.807) is 0 Å². The van der Waals surface area contributed by atoms with Gasteiger partial charge in [0.15, 0.2) is 0 Å². The third kappa shape index (κ3) is 307. The van der Waals surface area contributed by atoms with E-state index in [2.05, 4.69) is 65.2 Å². The van der Waals surface area contributed by atoms with Gasteiger partial charge in [-0.3, -0.25) is 0 Å². The monoisotopic (exact) mass is 425 g/mol. The molecule has 0 aliphatic carbocycles. The van der Waals surface area contributed by atoms with Crippen molar-refractivity contribution < 1.29 is 21.1 Å². The SMILES string of the molecule is CP(C)C.CP(C)C.[Pt+2].[S-]C[S-]. The molecule has 0 aromatic heterocycles. The summed E-state index contributed by atoms with van der Waals surface area (Å²) in [5.74, 6) is 0. The van der Waals surface area contributed by atoms with E-state index < -0.39 is 0 Å². The fourth-order valence-corrected chi connectivity index (χ4v) is 0. The van der Waals surface area contributed by atoms with Crippen molar-refractivity contribution in [2.24, 2.45) is 0 Å². The molecule has 0 atom stereocenters. The van der Waals surface area contributed by atoms with E-state index in [1.807, 2.05) is 0 Å². The minimum atomic E-state index is 0. The summed E-state index contributed by atoms with van der Waals surface area (Å²) >= 11 is 8.42. The van der Waals surface area contributed by atoms with Gasteiger partial charge < -0.3 is 30.3 Å². The maximum atomic E-state index is 4.21. The molecular formula is C7H20P2PtS2. The van der Waals surface area contributed by atoms with Crippen molar-refractivity contribution in [3.8, 4) is 0 Å². The Balaban J connectivity index is -0.0000000389. The predicted molar refractivity (Wildman–Crippen MR) is 69.0 cm³/mol. The van der Waals surface area contributed by atoms with E-state index in [0.717, 1.165) is 0 Å². The summed E-state index contributed by atoms with van der Waals surface area (Å²) in [6, 6.07) is 0. The Morgan fingerprint density at radius 3 is 0.750 bits per heavy atom. The van der Waals surface area contributed by atoms with Crippen LogP contribution in [-0.2, 0) is 46.3 Å². The third-order valence-corrected chi connectivity index (χ3v) is 0. The van der Waals surface area contributed by atoms with Gasteiger partial charge in [0.25, 0.3) is 0 Å². The van der Waals surface area contributed by atoms with Crippen LogP contribution in [0.2, 0.25) is 0 Å². The molecule has 0 unspecified atom stereocenters. The first-order valence-electron chi connectivity index (χ1n) is 3.26. The topological polar surface area (TPSA) is 0 Å². The Hall–Kier alpha value is 2.25. The Morgan fingerprint density at radius 1 is 0.750 bits per heavy atom. The first-order valence-corrected chi connectivity index (χ1v) is 9.78. The van der Waals surface area contributed by atoms with Gasteiger partial charge in [-0.1, -0.05) is 0 Å². The molecule has 0 aliphatic rings. The van der Waals surface area contributed by atoms with Gasteiger partial charge in [0.05, 0.1) is 0 Å². The van der Waals surface area contributed by atoms with Crippen LogP contribution < -0.4 is 0 Å². The van der Waals surface area contributed by atoms with Crippen LogP contribution in [0.5, 0.6) is 0 Å². The molecule has 5 heteroatoms. The van der Waals surface area contributed by atoms with Crippen molar-refractivity contribution in [3.63, 3.8) is 0 Å². The molecule has 0 amide bonds. The molecule has 0 bridgehead atoms. The fraction of sp³-hybridized carbons (Fsp3) is 1.00. The van der Waals surface area contributed by atoms with Crippen molar-refractivity contribution in [1.82, 2.24) is 0 Å². The van der Waals surface area contributed by atoms with Gasteiger partial charge in [0.2, 0.25) is 0 Å². The fourth-order valence-electron chi connectivity index (χ4n) is 0. The molecule has 0 aromatic carbocycles. The zero-order chi connectivity index (χ0) is 9.86. The molecular weight excluding hydrogens is 405 g/mol. The minimum absolute atomic E-state index is 0. The summed E-state index contributed by atoms with van der Waals surface area (Å²) in [7, 11) is 0.759. The molecule has 0 heterocycles. The van der Waals surface area contributed by atoms with Gasteiger partial charge in [-0.05, 0) is 40.0 Å². The Bertz CT molecular complexity index is 43.2. The smallest absolute Gasteiger partial charge is 0.818 e. The van der Waals surface area contributed by atoms with Crippen LogP contribution in [0.15, 0.2) is 0 Å². The van der Waals surface area contributed by atoms with E-state index in [9.17, 15) is 0 Å². The van der Waals surface area contributed by atoms with Crippen molar-refractivity contribution in [3.05, 3.63) is 0 Å². The third-order valence-electron chi connectivity index (χ3n) is 0. The molecule has 0 spiro atoms. The molecule has 0 saturated carbocycles. The van der Waals surface area contributed by atoms with Crippen LogP contribution in [0, 0.1) is 0 Å². The molecule has 0 rings (SSSR count). The average molecular weight is 425 g/mol. The summed E-state index contributed by atoms with van der Waals surface area (Å²) in [6.45, 7) is 13.4. The van der Waals surface area contributed by atoms with Crippen LogP contribution in [0.4, 0.5) is 0 Å². The van der Waals surface area contributed by atoms with Gasteiger partial charge in [-0.15, -0.1) is 15.8 Å². The summed E-state index contributed by atoms with van der Waals surface area (Å²) in [4.78, 5) is 0. The molecule has 0 saturated heterocycles. The van der Waals surface area contributed by atoms with Gasteiger partial charge in [0, 0.05) is 0 Å². The predicted octanol–water partition coefficient (Wildman–Crippen LogP) is 2.75. The average Bonchev–Trinajstić information content (AvgIpc) is 1.60. The largest absolute Gasteiger partial charge is 2.00 e. The van der Waals surface area contributed by atoms with E-state index in [1.165, 1.54) is 0 Å². The van der Waals surface area contributed by atoms with Crippen LogP contribution in [-0.4, -0.2) is 45.1 Å². The Kier molecular flexibility index (Phi) is 46.1. The second-order valence-corrected chi connectivity index (χ2v) is 9.11. The molecule has 0 aliphatic heterocycles. The van der Waals surface area contributed by atoms with E-state index >= 15 is 0 Å². The van der Waals surface area contributed by atoms with Crippen molar-refractivity contribution in [2.75, 3.05) is 45.1 Å². The normalized spacial score (nSPS) is 7.50. The molecule has 0 nitrogen and oxygen atoms in total. The zero-order valence-corrected chi connectivity index (χ0v) is 14.4. The van der Waals surface area contributed by atoms with Crippen molar-refractivity contribution >= 4 is 41.1 Å². The van der Waals surface area contributed by atoms with E-state index in [0.29, 0.717) is 20.9 Å². The van der Waals surface area contributed by atoms with Crippen LogP contribution in [0.3, 0.4) is 0 Å². The van der Waals surface area contributed by atoms with Gasteiger partial charge >= 0.3 is 21.1 Å². The second-order valence-electron chi connectivity index (χ2n) is 2.80. The van der Waals surface area contributed by atoms with Gasteiger partial charge in [-0.25, -0.2) is 0 Å². The Morgan fingerprint density at radius 2 is 0.750 bits per heavy atom. The summed E-state index contributed by atoms with van der Waals surface area (Å²) in [5, 5.41) is 0.417. The van der Waals surface area contributed by atoms with Crippen LogP contribution in [0.25, 0.3) is 0 Å². The molecule has 12 heavy (non-hydrogen) atoms. The van der Waals surface area contributed by atoms with Crippen LogP contribution >= 0.6 is 15.8 Å².